The standard InChI is InChI=1S/C14H19N5O3/c1-4-10(3)19-11(5-6-15-19)16-12(20)8-18-7-9(2)13(21)17-14(18)22/h5-7,10H,4,8H2,1-3H3,(H,16,20)(H,17,21,22). The number of aromatic amines is 1. The fourth-order valence-electron chi connectivity index (χ4n) is 2.01. The Hall–Kier alpha value is -2.64. The zero-order valence-corrected chi connectivity index (χ0v) is 12.8. The average molecular weight is 305 g/mol. The molecule has 8 nitrogen and oxygen atoms in total. The molecule has 0 fully saturated rings. The Labute approximate surface area is 126 Å². The Morgan fingerprint density at radius 2 is 2.18 bits per heavy atom. The van der Waals surface area contributed by atoms with Gasteiger partial charge in [-0.1, -0.05) is 6.92 Å². The Morgan fingerprint density at radius 1 is 1.45 bits per heavy atom. The number of aromatic nitrogens is 4. The van der Waals surface area contributed by atoms with Crippen LogP contribution in [0.5, 0.6) is 0 Å². The number of carbonyl (C=O) groups excluding carboxylic acids is 1. The molecular weight excluding hydrogens is 286 g/mol. The zero-order valence-electron chi connectivity index (χ0n) is 12.8. The number of H-pyrrole nitrogens is 1. The van der Waals surface area contributed by atoms with Crippen LogP contribution >= 0.6 is 0 Å². The van der Waals surface area contributed by atoms with E-state index in [1.165, 1.54) is 6.20 Å². The highest BCUT2D eigenvalue weighted by Gasteiger charge is 2.12. The topological polar surface area (TPSA) is 102 Å². The van der Waals surface area contributed by atoms with Gasteiger partial charge >= 0.3 is 5.69 Å². The lowest BCUT2D eigenvalue weighted by atomic mass is 10.3. The van der Waals surface area contributed by atoms with Gasteiger partial charge in [-0.3, -0.25) is 19.1 Å². The van der Waals surface area contributed by atoms with Gasteiger partial charge in [0, 0.05) is 17.8 Å². The van der Waals surface area contributed by atoms with E-state index in [9.17, 15) is 14.4 Å². The highest BCUT2D eigenvalue weighted by molar-refractivity contribution is 5.89. The normalized spacial score (nSPS) is 12.1. The molecular formula is C14H19N5O3. The van der Waals surface area contributed by atoms with Crippen LogP contribution in [-0.4, -0.2) is 25.2 Å². The number of anilines is 1. The minimum atomic E-state index is -0.610. The molecule has 1 unspecified atom stereocenters. The van der Waals surface area contributed by atoms with Crippen molar-refractivity contribution in [3.05, 3.63) is 44.9 Å². The summed E-state index contributed by atoms with van der Waals surface area (Å²) in [6, 6.07) is 1.86. The van der Waals surface area contributed by atoms with E-state index in [4.69, 9.17) is 0 Å². The Morgan fingerprint density at radius 3 is 2.86 bits per heavy atom. The number of amides is 1. The first-order chi connectivity index (χ1) is 10.4. The van der Waals surface area contributed by atoms with E-state index < -0.39 is 11.2 Å². The second-order valence-corrected chi connectivity index (χ2v) is 5.17. The Bertz CT molecular complexity index is 786. The van der Waals surface area contributed by atoms with Crippen molar-refractivity contribution in [2.24, 2.45) is 0 Å². The fourth-order valence-corrected chi connectivity index (χ4v) is 2.01. The molecule has 0 aliphatic carbocycles. The predicted octanol–water partition coefficient (Wildman–Crippen LogP) is 0.651. The molecule has 0 aliphatic rings. The van der Waals surface area contributed by atoms with E-state index in [0.717, 1.165) is 11.0 Å². The molecule has 0 spiro atoms. The van der Waals surface area contributed by atoms with Crippen LogP contribution in [0, 0.1) is 6.92 Å². The molecule has 2 rings (SSSR count). The van der Waals surface area contributed by atoms with Crippen molar-refractivity contribution in [1.82, 2.24) is 19.3 Å². The van der Waals surface area contributed by atoms with E-state index >= 15 is 0 Å². The third-order valence-electron chi connectivity index (χ3n) is 3.45. The number of nitrogens with one attached hydrogen (secondary N) is 2. The third-order valence-corrected chi connectivity index (χ3v) is 3.45. The van der Waals surface area contributed by atoms with Crippen molar-refractivity contribution in [1.29, 1.82) is 0 Å². The van der Waals surface area contributed by atoms with Crippen molar-refractivity contribution in [2.75, 3.05) is 5.32 Å². The molecule has 2 aromatic heterocycles. The zero-order chi connectivity index (χ0) is 16.3. The summed E-state index contributed by atoms with van der Waals surface area (Å²) in [5, 5.41) is 6.90. The lowest BCUT2D eigenvalue weighted by Gasteiger charge is -2.14. The molecule has 8 heteroatoms. The van der Waals surface area contributed by atoms with Gasteiger partial charge in [0.15, 0.2) is 0 Å². The number of hydrogen-bond donors (Lipinski definition) is 2. The summed E-state index contributed by atoms with van der Waals surface area (Å²) in [4.78, 5) is 37.2. The summed E-state index contributed by atoms with van der Waals surface area (Å²) in [7, 11) is 0. The van der Waals surface area contributed by atoms with Gasteiger partial charge < -0.3 is 5.32 Å². The summed E-state index contributed by atoms with van der Waals surface area (Å²) in [6.07, 6.45) is 3.86. The maximum Gasteiger partial charge on any atom is 0.328 e. The summed E-state index contributed by atoms with van der Waals surface area (Å²) >= 11 is 0. The van der Waals surface area contributed by atoms with Crippen molar-refractivity contribution >= 4 is 11.7 Å². The van der Waals surface area contributed by atoms with Crippen molar-refractivity contribution in [3.63, 3.8) is 0 Å². The van der Waals surface area contributed by atoms with E-state index in [2.05, 4.69) is 15.4 Å². The lowest BCUT2D eigenvalue weighted by Crippen LogP contribution is -2.34. The van der Waals surface area contributed by atoms with E-state index in [1.54, 1.807) is 23.9 Å². The SMILES string of the molecule is CCC(C)n1nccc1NC(=O)Cn1cc(C)c(=O)[nH]c1=O. The molecule has 0 saturated heterocycles. The number of rotatable bonds is 5. The quantitative estimate of drug-likeness (QED) is 0.846. The predicted molar refractivity (Wildman–Crippen MR) is 81.9 cm³/mol. The second-order valence-electron chi connectivity index (χ2n) is 5.17. The Balaban J connectivity index is 2.15. The minimum absolute atomic E-state index is 0.156. The maximum atomic E-state index is 12.1. The van der Waals surface area contributed by atoms with Crippen LogP contribution in [0.2, 0.25) is 0 Å². The third kappa shape index (κ3) is 3.33. The molecule has 0 aromatic carbocycles. The summed E-state index contributed by atoms with van der Waals surface area (Å²) in [5.41, 5.74) is -0.685. The molecule has 0 aliphatic heterocycles. The fraction of sp³-hybridized carbons (Fsp3) is 0.429. The van der Waals surface area contributed by atoms with Crippen LogP contribution in [0.3, 0.4) is 0 Å². The second kappa shape index (κ2) is 6.42. The summed E-state index contributed by atoms with van der Waals surface area (Å²) in [6.45, 7) is 5.42. The molecule has 0 bridgehead atoms. The van der Waals surface area contributed by atoms with Crippen LogP contribution in [0.15, 0.2) is 28.0 Å². The minimum Gasteiger partial charge on any atom is -0.309 e. The highest BCUT2D eigenvalue weighted by Crippen LogP contribution is 2.16. The van der Waals surface area contributed by atoms with Gasteiger partial charge in [0.2, 0.25) is 5.91 Å². The average Bonchev–Trinajstić information content (AvgIpc) is 2.92. The number of aryl methyl sites for hydroxylation is 1. The van der Waals surface area contributed by atoms with Crippen LogP contribution in [-0.2, 0) is 11.3 Å². The van der Waals surface area contributed by atoms with Gasteiger partial charge in [0.05, 0.1) is 12.2 Å². The van der Waals surface area contributed by atoms with Crippen molar-refractivity contribution in [2.45, 2.75) is 39.8 Å². The molecule has 1 amide bonds. The summed E-state index contributed by atoms with van der Waals surface area (Å²) in [5.74, 6) is 0.215. The van der Waals surface area contributed by atoms with Crippen LogP contribution in [0.1, 0.15) is 31.9 Å². The molecule has 22 heavy (non-hydrogen) atoms. The molecule has 0 saturated carbocycles. The molecule has 2 aromatic rings. The molecule has 1 atom stereocenters. The van der Waals surface area contributed by atoms with Gasteiger partial charge in [-0.15, -0.1) is 0 Å². The van der Waals surface area contributed by atoms with Gasteiger partial charge in [0.25, 0.3) is 5.56 Å². The molecule has 2 heterocycles. The van der Waals surface area contributed by atoms with Gasteiger partial charge in [-0.25, -0.2) is 9.48 Å². The van der Waals surface area contributed by atoms with Crippen molar-refractivity contribution in [3.8, 4) is 0 Å². The smallest absolute Gasteiger partial charge is 0.309 e. The number of carbonyl (C=O) groups is 1. The van der Waals surface area contributed by atoms with Crippen LogP contribution in [0.25, 0.3) is 0 Å². The summed E-state index contributed by atoms with van der Waals surface area (Å²) < 4.78 is 2.88. The van der Waals surface area contributed by atoms with Gasteiger partial charge in [-0.05, 0) is 20.3 Å². The van der Waals surface area contributed by atoms with Gasteiger partial charge in [0.1, 0.15) is 12.4 Å². The van der Waals surface area contributed by atoms with E-state index in [0.29, 0.717) is 11.4 Å². The molecule has 0 radical (unpaired) electrons. The first-order valence-corrected chi connectivity index (χ1v) is 7.06. The van der Waals surface area contributed by atoms with Gasteiger partial charge in [-0.2, -0.15) is 5.10 Å². The van der Waals surface area contributed by atoms with Crippen molar-refractivity contribution < 1.29 is 4.79 Å². The Kier molecular flexibility index (Phi) is 4.59. The number of hydrogen-bond acceptors (Lipinski definition) is 4. The lowest BCUT2D eigenvalue weighted by molar-refractivity contribution is -0.116. The van der Waals surface area contributed by atoms with Crippen LogP contribution < -0.4 is 16.6 Å². The molecule has 2 N–H and O–H groups in total. The highest BCUT2D eigenvalue weighted by atomic mass is 16.2. The van der Waals surface area contributed by atoms with E-state index in [1.807, 2.05) is 13.8 Å². The maximum absolute atomic E-state index is 12.1. The van der Waals surface area contributed by atoms with E-state index in [-0.39, 0.29) is 18.5 Å². The molecule has 118 valence electrons. The number of nitrogens with zero attached hydrogens (tertiary/aromatic N) is 3. The monoisotopic (exact) mass is 305 g/mol. The first kappa shape index (κ1) is 15.7. The first-order valence-electron chi connectivity index (χ1n) is 7.06. The largest absolute Gasteiger partial charge is 0.328 e. The van der Waals surface area contributed by atoms with Crippen LogP contribution in [0.4, 0.5) is 5.82 Å².